The first-order valence-electron chi connectivity index (χ1n) is 13.1. The van der Waals surface area contributed by atoms with E-state index in [1.54, 1.807) is 42.5 Å². The lowest BCUT2D eigenvalue weighted by molar-refractivity contribution is -0.274. The molecule has 0 bridgehead atoms. The predicted octanol–water partition coefficient (Wildman–Crippen LogP) is 7.19. The molecular weight excluding hydrogens is 533 g/mol. The molecule has 1 fully saturated rings. The van der Waals surface area contributed by atoms with E-state index in [1.807, 2.05) is 41.3 Å². The van der Waals surface area contributed by atoms with Crippen molar-refractivity contribution < 1.29 is 32.2 Å². The number of hydrogen-bond acceptors (Lipinski definition) is 4. The standard InChI is InChI=1S/C32H27F3N2O4/c33-32(34,35)41-26-15-13-22(14-16-26)28-11-4-5-12-29(28)30(38)36-24-9-6-10-27(21-24)40-25-17-19-37(20-18-25)31(39)23-7-2-1-3-8-23/h1-16,21,25H,17-20H2,(H,36,38). The van der Waals surface area contributed by atoms with E-state index in [1.165, 1.54) is 24.3 Å². The number of likely N-dealkylation sites (tertiary alicyclic amines) is 1. The Morgan fingerprint density at radius 2 is 1.46 bits per heavy atom. The Morgan fingerprint density at radius 3 is 2.17 bits per heavy atom. The van der Waals surface area contributed by atoms with Crippen molar-refractivity contribution in [2.75, 3.05) is 18.4 Å². The maximum absolute atomic E-state index is 13.2. The average molecular weight is 561 g/mol. The largest absolute Gasteiger partial charge is 0.573 e. The number of nitrogens with one attached hydrogen (secondary N) is 1. The molecule has 0 atom stereocenters. The van der Waals surface area contributed by atoms with Gasteiger partial charge in [0, 0.05) is 48.8 Å². The summed E-state index contributed by atoms with van der Waals surface area (Å²) in [6, 6.07) is 28.5. The summed E-state index contributed by atoms with van der Waals surface area (Å²) in [5.74, 6) is -0.0987. The van der Waals surface area contributed by atoms with Gasteiger partial charge < -0.3 is 19.7 Å². The third-order valence-electron chi connectivity index (χ3n) is 6.72. The number of rotatable bonds is 7. The first kappa shape index (κ1) is 27.8. The Kier molecular flexibility index (Phi) is 8.24. The van der Waals surface area contributed by atoms with E-state index in [9.17, 15) is 22.8 Å². The fourth-order valence-electron chi connectivity index (χ4n) is 4.75. The van der Waals surface area contributed by atoms with Crippen LogP contribution in [0.3, 0.4) is 0 Å². The number of nitrogens with zero attached hydrogens (tertiary/aromatic N) is 1. The average Bonchev–Trinajstić information content (AvgIpc) is 2.97. The number of halogens is 3. The summed E-state index contributed by atoms with van der Waals surface area (Å²) >= 11 is 0. The summed E-state index contributed by atoms with van der Waals surface area (Å²) in [6.45, 7) is 1.18. The molecule has 0 aliphatic carbocycles. The van der Waals surface area contributed by atoms with E-state index in [-0.39, 0.29) is 23.7 Å². The highest BCUT2D eigenvalue weighted by atomic mass is 19.4. The van der Waals surface area contributed by atoms with E-state index in [2.05, 4.69) is 10.1 Å². The minimum atomic E-state index is -4.78. The lowest BCUT2D eigenvalue weighted by atomic mass is 9.99. The Labute approximate surface area is 235 Å². The third kappa shape index (κ3) is 7.25. The van der Waals surface area contributed by atoms with Crippen LogP contribution in [0.1, 0.15) is 33.6 Å². The van der Waals surface area contributed by atoms with Crippen LogP contribution in [0.25, 0.3) is 11.1 Å². The highest BCUT2D eigenvalue weighted by Crippen LogP contribution is 2.29. The topological polar surface area (TPSA) is 67.9 Å². The molecule has 4 aromatic rings. The Hall–Kier alpha value is -4.79. The van der Waals surface area contributed by atoms with Gasteiger partial charge in [0.2, 0.25) is 0 Å². The number of carbonyl (C=O) groups is 2. The second-order valence-corrected chi connectivity index (χ2v) is 9.58. The van der Waals surface area contributed by atoms with Gasteiger partial charge in [0.15, 0.2) is 0 Å². The molecule has 4 aromatic carbocycles. The fourth-order valence-corrected chi connectivity index (χ4v) is 4.75. The van der Waals surface area contributed by atoms with Crippen LogP contribution in [0.2, 0.25) is 0 Å². The van der Waals surface area contributed by atoms with Gasteiger partial charge in [-0.3, -0.25) is 9.59 Å². The molecule has 2 amide bonds. The number of amides is 2. The highest BCUT2D eigenvalue weighted by Gasteiger charge is 2.31. The van der Waals surface area contributed by atoms with Gasteiger partial charge in [-0.25, -0.2) is 0 Å². The van der Waals surface area contributed by atoms with Crippen molar-refractivity contribution in [1.82, 2.24) is 4.90 Å². The van der Waals surface area contributed by atoms with Crippen LogP contribution >= 0.6 is 0 Å². The van der Waals surface area contributed by atoms with Crippen LogP contribution in [0, 0.1) is 0 Å². The highest BCUT2D eigenvalue weighted by molar-refractivity contribution is 6.08. The van der Waals surface area contributed by atoms with Gasteiger partial charge in [0.1, 0.15) is 17.6 Å². The van der Waals surface area contributed by atoms with Crippen molar-refractivity contribution in [3.8, 4) is 22.6 Å². The van der Waals surface area contributed by atoms with Gasteiger partial charge in [0.25, 0.3) is 11.8 Å². The van der Waals surface area contributed by atoms with Gasteiger partial charge in [-0.1, -0.05) is 54.6 Å². The summed E-state index contributed by atoms with van der Waals surface area (Å²) in [6.07, 6.45) is -3.47. The molecule has 0 radical (unpaired) electrons. The molecule has 1 aliphatic rings. The number of ether oxygens (including phenoxy) is 2. The molecule has 1 saturated heterocycles. The smallest absolute Gasteiger partial charge is 0.490 e. The van der Waals surface area contributed by atoms with Crippen LogP contribution < -0.4 is 14.8 Å². The molecule has 41 heavy (non-hydrogen) atoms. The molecule has 1 aliphatic heterocycles. The molecular formula is C32H27F3N2O4. The lowest BCUT2D eigenvalue weighted by Gasteiger charge is -2.32. The first-order chi connectivity index (χ1) is 19.7. The number of hydrogen-bond donors (Lipinski definition) is 1. The molecule has 210 valence electrons. The van der Waals surface area contributed by atoms with Crippen molar-refractivity contribution in [3.05, 3.63) is 114 Å². The van der Waals surface area contributed by atoms with Gasteiger partial charge in [-0.15, -0.1) is 13.2 Å². The van der Waals surface area contributed by atoms with Gasteiger partial charge in [0.05, 0.1) is 0 Å². The maximum Gasteiger partial charge on any atom is 0.573 e. The second kappa shape index (κ2) is 12.2. The lowest BCUT2D eigenvalue weighted by Crippen LogP contribution is -2.41. The third-order valence-corrected chi connectivity index (χ3v) is 6.72. The molecule has 0 saturated carbocycles. The zero-order valence-electron chi connectivity index (χ0n) is 21.9. The maximum atomic E-state index is 13.2. The van der Waals surface area contributed by atoms with Crippen molar-refractivity contribution >= 4 is 17.5 Å². The summed E-state index contributed by atoms with van der Waals surface area (Å²) in [5.41, 5.74) is 2.70. The van der Waals surface area contributed by atoms with E-state index < -0.39 is 6.36 Å². The molecule has 0 spiro atoms. The first-order valence-corrected chi connectivity index (χ1v) is 13.1. The van der Waals surface area contributed by atoms with Gasteiger partial charge in [-0.05, 0) is 53.6 Å². The Morgan fingerprint density at radius 1 is 0.780 bits per heavy atom. The summed E-state index contributed by atoms with van der Waals surface area (Å²) in [7, 11) is 0. The van der Waals surface area contributed by atoms with Crippen molar-refractivity contribution in [2.24, 2.45) is 0 Å². The van der Waals surface area contributed by atoms with Gasteiger partial charge >= 0.3 is 6.36 Å². The van der Waals surface area contributed by atoms with Crippen LogP contribution in [-0.4, -0.2) is 42.3 Å². The summed E-state index contributed by atoms with van der Waals surface area (Å²) in [5, 5.41) is 2.88. The minimum absolute atomic E-state index is 0.0135. The Bertz CT molecular complexity index is 1500. The van der Waals surface area contributed by atoms with Crippen LogP contribution in [0.5, 0.6) is 11.5 Å². The molecule has 0 unspecified atom stereocenters. The monoisotopic (exact) mass is 560 g/mol. The van der Waals surface area contributed by atoms with Crippen LogP contribution in [0.15, 0.2) is 103 Å². The molecule has 5 rings (SSSR count). The summed E-state index contributed by atoms with van der Waals surface area (Å²) < 4.78 is 47.6. The predicted molar refractivity (Wildman–Crippen MR) is 149 cm³/mol. The molecule has 1 heterocycles. The second-order valence-electron chi connectivity index (χ2n) is 9.58. The van der Waals surface area contributed by atoms with Crippen LogP contribution in [-0.2, 0) is 0 Å². The van der Waals surface area contributed by atoms with E-state index in [0.717, 1.165) is 0 Å². The normalized spacial score (nSPS) is 13.9. The zero-order chi connectivity index (χ0) is 28.8. The van der Waals surface area contributed by atoms with Crippen molar-refractivity contribution in [2.45, 2.75) is 25.3 Å². The molecule has 0 aromatic heterocycles. The van der Waals surface area contributed by atoms with Crippen LogP contribution in [0.4, 0.5) is 18.9 Å². The van der Waals surface area contributed by atoms with E-state index in [4.69, 9.17) is 4.74 Å². The van der Waals surface area contributed by atoms with E-state index >= 15 is 0 Å². The number of piperidine rings is 1. The molecule has 9 heteroatoms. The Balaban J connectivity index is 1.21. The fraction of sp³-hybridized carbons (Fsp3) is 0.188. The van der Waals surface area contributed by atoms with Gasteiger partial charge in [-0.2, -0.15) is 0 Å². The molecule has 1 N–H and O–H groups in total. The van der Waals surface area contributed by atoms with Crippen molar-refractivity contribution in [3.63, 3.8) is 0 Å². The molecule has 6 nitrogen and oxygen atoms in total. The number of benzene rings is 4. The van der Waals surface area contributed by atoms with E-state index in [0.29, 0.717) is 59.6 Å². The minimum Gasteiger partial charge on any atom is -0.490 e. The SMILES string of the molecule is O=C(Nc1cccc(OC2CCN(C(=O)c3ccccc3)CC2)c1)c1ccccc1-c1ccc(OC(F)(F)F)cc1. The zero-order valence-corrected chi connectivity index (χ0v) is 21.9. The number of anilines is 1. The quantitative estimate of drug-likeness (QED) is 0.260. The number of carbonyl (C=O) groups excluding carboxylic acids is 2. The number of alkyl halides is 3. The summed E-state index contributed by atoms with van der Waals surface area (Å²) in [4.78, 5) is 27.8. The van der Waals surface area contributed by atoms with Crippen molar-refractivity contribution in [1.29, 1.82) is 0 Å².